The van der Waals surface area contributed by atoms with Crippen LogP contribution in [-0.2, 0) is 11.1 Å². The lowest BCUT2D eigenvalue weighted by Crippen LogP contribution is -1.89. The summed E-state index contributed by atoms with van der Waals surface area (Å²) in [4.78, 5) is 4.08. The standard InChI is InChI=1S/C5H4BrNO2S/c6-4-3-7-2-1-5(4)10(8)9/h1-3H,(H,8,9). The molecule has 0 saturated carbocycles. The van der Waals surface area contributed by atoms with Gasteiger partial charge in [-0.05, 0) is 22.0 Å². The van der Waals surface area contributed by atoms with Crippen molar-refractivity contribution in [2.24, 2.45) is 0 Å². The average Bonchev–Trinajstić information content (AvgIpc) is 1.88. The minimum atomic E-state index is -1.93. The number of rotatable bonds is 1. The Morgan fingerprint density at radius 1 is 1.70 bits per heavy atom. The van der Waals surface area contributed by atoms with Crippen LogP contribution in [0.1, 0.15) is 0 Å². The second kappa shape index (κ2) is 3.23. The summed E-state index contributed by atoms with van der Waals surface area (Å²) in [5.74, 6) is 0. The molecule has 0 saturated heterocycles. The van der Waals surface area contributed by atoms with Crippen LogP contribution in [0.3, 0.4) is 0 Å². The molecule has 0 fully saturated rings. The Labute approximate surface area is 68.9 Å². The van der Waals surface area contributed by atoms with Gasteiger partial charge in [0.15, 0.2) is 11.1 Å². The summed E-state index contributed by atoms with van der Waals surface area (Å²) >= 11 is 1.15. The van der Waals surface area contributed by atoms with Crippen LogP contribution in [-0.4, -0.2) is 13.7 Å². The Hall–Kier alpha value is -0.260. The van der Waals surface area contributed by atoms with Crippen molar-refractivity contribution in [3.63, 3.8) is 0 Å². The highest BCUT2D eigenvalue weighted by Gasteiger charge is 2.02. The lowest BCUT2D eigenvalue weighted by molar-refractivity contribution is 0.563. The summed E-state index contributed by atoms with van der Waals surface area (Å²) in [7, 11) is 0. The molecule has 1 atom stereocenters. The molecule has 1 N–H and O–H groups in total. The SMILES string of the molecule is O=S(O)c1ccncc1Br. The first kappa shape index (κ1) is 7.84. The van der Waals surface area contributed by atoms with Gasteiger partial charge in [-0.2, -0.15) is 0 Å². The van der Waals surface area contributed by atoms with E-state index in [-0.39, 0.29) is 0 Å². The van der Waals surface area contributed by atoms with Gasteiger partial charge in [-0.15, -0.1) is 0 Å². The Kier molecular flexibility index (Phi) is 2.53. The smallest absolute Gasteiger partial charge is 0.187 e. The lowest BCUT2D eigenvalue weighted by Gasteiger charge is -1.94. The van der Waals surface area contributed by atoms with Crippen molar-refractivity contribution < 1.29 is 8.76 Å². The molecule has 1 rings (SSSR count). The largest absolute Gasteiger partial charge is 0.302 e. The van der Waals surface area contributed by atoms with Crippen molar-refractivity contribution >= 4 is 27.0 Å². The van der Waals surface area contributed by atoms with E-state index in [1.807, 2.05) is 0 Å². The van der Waals surface area contributed by atoms with Crippen molar-refractivity contribution in [3.8, 4) is 0 Å². The van der Waals surface area contributed by atoms with E-state index in [0.717, 1.165) is 0 Å². The monoisotopic (exact) mass is 221 g/mol. The van der Waals surface area contributed by atoms with E-state index in [0.29, 0.717) is 9.37 Å². The molecular formula is C5H4BrNO2S. The molecule has 10 heavy (non-hydrogen) atoms. The summed E-state index contributed by atoms with van der Waals surface area (Å²) in [5.41, 5.74) is 0. The maximum Gasteiger partial charge on any atom is 0.187 e. The van der Waals surface area contributed by atoms with Crippen LogP contribution >= 0.6 is 15.9 Å². The minimum Gasteiger partial charge on any atom is -0.302 e. The zero-order valence-corrected chi connectivity index (χ0v) is 7.22. The normalized spacial score (nSPS) is 13.0. The highest BCUT2D eigenvalue weighted by Crippen LogP contribution is 2.16. The fraction of sp³-hybridized carbons (Fsp3) is 0. The molecule has 0 bridgehead atoms. The van der Waals surface area contributed by atoms with E-state index in [2.05, 4.69) is 20.9 Å². The van der Waals surface area contributed by atoms with Gasteiger partial charge in [0, 0.05) is 12.4 Å². The van der Waals surface area contributed by atoms with Gasteiger partial charge in [-0.3, -0.25) is 4.98 Å². The van der Waals surface area contributed by atoms with Crippen LogP contribution in [0.15, 0.2) is 27.8 Å². The highest BCUT2D eigenvalue weighted by molar-refractivity contribution is 9.10. The molecule has 0 radical (unpaired) electrons. The van der Waals surface area contributed by atoms with E-state index in [9.17, 15) is 4.21 Å². The number of halogens is 1. The van der Waals surface area contributed by atoms with Crippen LogP contribution < -0.4 is 0 Å². The summed E-state index contributed by atoms with van der Waals surface area (Å²) in [5, 5.41) is 0. The molecule has 1 aromatic rings. The topological polar surface area (TPSA) is 50.2 Å². The van der Waals surface area contributed by atoms with E-state index in [1.54, 1.807) is 0 Å². The Bertz CT molecular complexity index is 266. The summed E-state index contributed by atoms with van der Waals surface area (Å²) < 4.78 is 19.6. The quantitative estimate of drug-likeness (QED) is 0.731. The third-order valence-corrected chi connectivity index (χ3v) is 2.55. The highest BCUT2D eigenvalue weighted by atomic mass is 79.9. The van der Waals surface area contributed by atoms with Crippen molar-refractivity contribution in [3.05, 3.63) is 22.9 Å². The molecule has 0 aliphatic rings. The molecule has 0 aromatic carbocycles. The number of hydrogen-bond donors (Lipinski definition) is 1. The van der Waals surface area contributed by atoms with E-state index < -0.39 is 11.1 Å². The van der Waals surface area contributed by atoms with Crippen LogP contribution in [0.2, 0.25) is 0 Å². The van der Waals surface area contributed by atoms with E-state index >= 15 is 0 Å². The van der Waals surface area contributed by atoms with E-state index in [1.165, 1.54) is 18.5 Å². The van der Waals surface area contributed by atoms with Gasteiger partial charge in [0.1, 0.15) is 0 Å². The zero-order chi connectivity index (χ0) is 7.56. The first-order valence-electron chi connectivity index (χ1n) is 2.42. The Balaban J connectivity index is 3.15. The molecule has 0 aliphatic heterocycles. The molecule has 1 aromatic heterocycles. The van der Waals surface area contributed by atoms with Gasteiger partial charge in [0.05, 0.1) is 9.37 Å². The van der Waals surface area contributed by atoms with Gasteiger partial charge in [-0.25, -0.2) is 4.21 Å². The van der Waals surface area contributed by atoms with Crippen molar-refractivity contribution in [2.75, 3.05) is 0 Å². The van der Waals surface area contributed by atoms with E-state index in [4.69, 9.17) is 4.55 Å². The summed E-state index contributed by atoms with van der Waals surface area (Å²) in [6.45, 7) is 0. The molecule has 0 aliphatic carbocycles. The number of nitrogens with zero attached hydrogens (tertiary/aromatic N) is 1. The molecule has 5 heteroatoms. The molecule has 3 nitrogen and oxygen atoms in total. The van der Waals surface area contributed by atoms with Crippen molar-refractivity contribution in [2.45, 2.75) is 4.90 Å². The molecule has 54 valence electrons. The average molecular weight is 222 g/mol. The fourth-order valence-corrected chi connectivity index (χ4v) is 1.57. The predicted molar refractivity (Wildman–Crippen MR) is 41.0 cm³/mol. The molecule has 1 heterocycles. The van der Waals surface area contributed by atoms with Gasteiger partial charge in [0.25, 0.3) is 0 Å². The third kappa shape index (κ3) is 1.62. The molecule has 0 spiro atoms. The second-order valence-corrected chi connectivity index (χ2v) is 3.35. The first-order chi connectivity index (χ1) is 4.72. The maximum absolute atomic E-state index is 10.5. The van der Waals surface area contributed by atoms with Crippen LogP contribution in [0.5, 0.6) is 0 Å². The van der Waals surface area contributed by atoms with Crippen LogP contribution in [0, 0.1) is 0 Å². The fourth-order valence-electron chi connectivity index (χ4n) is 0.504. The predicted octanol–water partition coefficient (Wildman–Crippen LogP) is 1.42. The molecule has 1 unspecified atom stereocenters. The second-order valence-electron chi connectivity index (χ2n) is 1.56. The Morgan fingerprint density at radius 3 is 2.80 bits per heavy atom. The summed E-state index contributed by atoms with van der Waals surface area (Å²) in [6, 6.07) is 1.49. The molecule has 0 amide bonds. The van der Waals surface area contributed by atoms with Crippen molar-refractivity contribution in [1.82, 2.24) is 4.98 Å². The maximum atomic E-state index is 10.5. The zero-order valence-electron chi connectivity index (χ0n) is 4.82. The van der Waals surface area contributed by atoms with Gasteiger partial charge < -0.3 is 4.55 Å². The number of aromatic nitrogens is 1. The van der Waals surface area contributed by atoms with Gasteiger partial charge >= 0.3 is 0 Å². The molecular weight excluding hydrogens is 218 g/mol. The van der Waals surface area contributed by atoms with Crippen LogP contribution in [0.25, 0.3) is 0 Å². The Morgan fingerprint density at radius 2 is 2.40 bits per heavy atom. The van der Waals surface area contributed by atoms with Gasteiger partial charge in [0.2, 0.25) is 0 Å². The first-order valence-corrected chi connectivity index (χ1v) is 4.32. The van der Waals surface area contributed by atoms with Crippen LogP contribution in [0.4, 0.5) is 0 Å². The summed E-state index contributed by atoms with van der Waals surface area (Å²) in [6.07, 6.45) is 2.94. The third-order valence-electron chi connectivity index (χ3n) is 0.923. The lowest BCUT2D eigenvalue weighted by atomic mass is 10.5. The number of pyridine rings is 1. The van der Waals surface area contributed by atoms with Crippen molar-refractivity contribution in [1.29, 1.82) is 0 Å². The number of hydrogen-bond acceptors (Lipinski definition) is 2. The van der Waals surface area contributed by atoms with Gasteiger partial charge in [-0.1, -0.05) is 0 Å². The minimum absolute atomic E-state index is 0.343.